The van der Waals surface area contributed by atoms with Crippen LogP contribution in [0.2, 0.25) is 0 Å². The van der Waals surface area contributed by atoms with Gasteiger partial charge in [-0.2, -0.15) is 0 Å². The van der Waals surface area contributed by atoms with E-state index in [2.05, 4.69) is 15.6 Å². The van der Waals surface area contributed by atoms with E-state index in [1.165, 1.54) is 6.26 Å². The van der Waals surface area contributed by atoms with Crippen molar-refractivity contribution in [2.24, 2.45) is 4.99 Å². The van der Waals surface area contributed by atoms with E-state index >= 15 is 0 Å². The summed E-state index contributed by atoms with van der Waals surface area (Å²) in [5.41, 5.74) is 3.10. The van der Waals surface area contributed by atoms with Crippen LogP contribution in [0.3, 0.4) is 0 Å². The Balaban J connectivity index is 0.00000450. The second-order valence-electron chi connectivity index (χ2n) is 6.65. The fourth-order valence-electron chi connectivity index (χ4n) is 2.62. The van der Waals surface area contributed by atoms with E-state index in [1.54, 1.807) is 38.4 Å². The van der Waals surface area contributed by atoms with E-state index in [0.717, 1.165) is 22.4 Å². The van der Waals surface area contributed by atoms with Gasteiger partial charge >= 0.3 is 0 Å². The number of methoxy groups -OCH3 is 1. The zero-order valence-corrected chi connectivity index (χ0v) is 20.9. The van der Waals surface area contributed by atoms with Gasteiger partial charge in [-0.1, -0.05) is 24.3 Å². The van der Waals surface area contributed by atoms with Gasteiger partial charge in [0.15, 0.2) is 15.8 Å². The van der Waals surface area contributed by atoms with Gasteiger partial charge in [0.2, 0.25) is 0 Å². The second kappa shape index (κ2) is 12.8. The number of sulfone groups is 1. The molecule has 0 bridgehead atoms. The fourth-order valence-corrected chi connectivity index (χ4v) is 3.25. The molecule has 2 N–H and O–H groups in total. The molecule has 0 aromatic heterocycles. The maximum Gasteiger partial charge on any atom is 0.191 e. The van der Waals surface area contributed by atoms with E-state index in [9.17, 15) is 8.42 Å². The highest BCUT2D eigenvalue weighted by Gasteiger charge is 2.08. The van der Waals surface area contributed by atoms with Crippen LogP contribution < -0.4 is 15.4 Å². The zero-order valence-electron chi connectivity index (χ0n) is 17.8. The van der Waals surface area contributed by atoms with Crippen LogP contribution in [-0.4, -0.2) is 48.0 Å². The van der Waals surface area contributed by atoms with E-state index in [0.29, 0.717) is 37.2 Å². The Bertz CT molecular complexity index is 932. The quantitative estimate of drug-likeness (QED) is 0.217. The van der Waals surface area contributed by atoms with Crippen LogP contribution in [0.15, 0.2) is 52.4 Å². The molecule has 0 spiro atoms. The van der Waals surface area contributed by atoms with Crippen LogP contribution in [0.1, 0.15) is 16.7 Å². The number of ether oxygens (including phenoxy) is 2. The molecular formula is C21H30IN3O4S. The predicted molar refractivity (Wildman–Crippen MR) is 131 cm³/mol. The van der Waals surface area contributed by atoms with Crippen LogP contribution in [0, 0.1) is 6.92 Å². The number of guanidine groups is 1. The Kier molecular flexibility index (Phi) is 11.1. The number of nitrogens with one attached hydrogen (secondary N) is 2. The first kappa shape index (κ1) is 26.2. The number of benzene rings is 2. The van der Waals surface area contributed by atoms with E-state index in [4.69, 9.17) is 9.47 Å². The zero-order chi connectivity index (χ0) is 21.3. The van der Waals surface area contributed by atoms with Crippen LogP contribution in [0.4, 0.5) is 0 Å². The number of halogens is 1. The molecule has 0 atom stereocenters. The lowest BCUT2D eigenvalue weighted by Gasteiger charge is -2.15. The molecule has 7 nitrogen and oxygen atoms in total. The lowest BCUT2D eigenvalue weighted by atomic mass is 10.1. The van der Waals surface area contributed by atoms with Gasteiger partial charge in [-0.3, -0.25) is 4.99 Å². The Morgan fingerprint density at radius 1 is 1.03 bits per heavy atom. The van der Waals surface area contributed by atoms with E-state index in [1.807, 2.05) is 25.1 Å². The Morgan fingerprint density at radius 3 is 2.30 bits per heavy atom. The second-order valence-corrected chi connectivity index (χ2v) is 8.66. The van der Waals surface area contributed by atoms with Crippen molar-refractivity contribution in [2.75, 3.05) is 33.6 Å². The van der Waals surface area contributed by atoms with Crippen molar-refractivity contribution in [1.29, 1.82) is 0 Å². The Labute approximate surface area is 196 Å². The van der Waals surface area contributed by atoms with Gasteiger partial charge in [-0.15, -0.1) is 24.0 Å². The lowest BCUT2D eigenvalue weighted by Crippen LogP contribution is -2.36. The molecular weight excluding hydrogens is 517 g/mol. The third kappa shape index (κ3) is 8.49. The van der Waals surface area contributed by atoms with Gasteiger partial charge in [-0.05, 0) is 36.2 Å². The first-order chi connectivity index (χ1) is 13.8. The van der Waals surface area contributed by atoms with Crippen molar-refractivity contribution < 1.29 is 17.9 Å². The number of hydrogen-bond donors (Lipinski definition) is 2. The minimum absolute atomic E-state index is 0. The summed E-state index contributed by atoms with van der Waals surface area (Å²) in [6.07, 6.45) is 1.20. The van der Waals surface area contributed by atoms with Gasteiger partial charge < -0.3 is 20.1 Å². The highest BCUT2D eigenvalue weighted by molar-refractivity contribution is 14.0. The monoisotopic (exact) mass is 547 g/mol. The minimum Gasteiger partial charge on any atom is -0.491 e. The first-order valence-corrected chi connectivity index (χ1v) is 11.2. The lowest BCUT2D eigenvalue weighted by molar-refractivity contribution is 0.145. The summed E-state index contributed by atoms with van der Waals surface area (Å²) in [6.45, 7) is 4.12. The summed E-state index contributed by atoms with van der Waals surface area (Å²) in [5.74, 6) is 1.46. The Morgan fingerprint density at radius 2 is 1.70 bits per heavy atom. The molecule has 0 saturated carbocycles. The maximum absolute atomic E-state index is 11.5. The smallest absolute Gasteiger partial charge is 0.191 e. The van der Waals surface area contributed by atoms with Crippen molar-refractivity contribution in [1.82, 2.24) is 10.6 Å². The van der Waals surface area contributed by atoms with Crippen LogP contribution in [0.5, 0.6) is 5.75 Å². The number of hydrogen-bond acceptors (Lipinski definition) is 5. The summed E-state index contributed by atoms with van der Waals surface area (Å²) in [7, 11) is 0.160. The molecule has 9 heteroatoms. The third-order valence-corrected chi connectivity index (χ3v) is 5.38. The van der Waals surface area contributed by atoms with Crippen LogP contribution >= 0.6 is 24.0 Å². The molecule has 0 heterocycles. The topological polar surface area (TPSA) is 89.0 Å². The summed E-state index contributed by atoms with van der Waals surface area (Å²) >= 11 is 0. The summed E-state index contributed by atoms with van der Waals surface area (Å²) in [4.78, 5) is 4.54. The minimum atomic E-state index is -3.19. The molecule has 0 saturated heterocycles. The largest absolute Gasteiger partial charge is 0.491 e. The molecule has 0 aliphatic rings. The number of aliphatic imine (C=N–C) groups is 1. The van der Waals surface area contributed by atoms with Crippen molar-refractivity contribution in [3.8, 4) is 5.75 Å². The van der Waals surface area contributed by atoms with Crippen molar-refractivity contribution in [3.05, 3.63) is 59.2 Å². The average molecular weight is 547 g/mol. The molecule has 0 radical (unpaired) electrons. The third-order valence-electron chi connectivity index (χ3n) is 4.25. The predicted octanol–water partition coefficient (Wildman–Crippen LogP) is 2.91. The number of nitrogens with zero attached hydrogens (tertiary/aromatic N) is 1. The molecule has 0 unspecified atom stereocenters. The normalized spacial score (nSPS) is 11.5. The molecule has 0 aliphatic heterocycles. The van der Waals surface area contributed by atoms with E-state index < -0.39 is 9.84 Å². The molecule has 2 aromatic rings. The van der Waals surface area contributed by atoms with Crippen LogP contribution in [0.25, 0.3) is 0 Å². The van der Waals surface area contributed by atoms with Gasteiger partial charge in [0.25, 0.3) is 0 Å². The highest BCUT2D eigenvalue weighted by atomic mass is 127. The van der Waals surface area contributed by atoms with Crippen molar-refractivity contribution >= 4 is 39.8 Å². The molecule has 2 aromatic carbocycles. The standard InChI is InChI=1S/C21H29N3O4S.HI/c1-16-5-8-18(20(13-16)28-12-11-27-3)15-24-21(22-2)23-14-17-6-9-19(10-7-17)29(4,25)26;/h5-10,13H,11-12,14-15H2,1-4H3,(H2,22,23,24);1H. The van der Waals surface area contributed by atoms with Gasteiger partial charge in [0.05, 0.1) is 11.5 Å². The van der Waals surface area contributed by atoms with Gasteiger partial charge in [0, 0.05) is 39.1 Å². The summed E-state index contributed by atoms with van der Waals surface area (Å²) in [5, 5.41) is 6.50. The van der Waals surface area contributed by atoms with E-state index in [-0.39, 0.29) is 24.0 Å². The molecule has 166 valence electrons. The molecule has 0 amide bonds. The highest BCUT2D eigenvalue weighted by Crippen LogP contribution is 2.20. The summed E-state index contributed by atoms with van der Waals surface area (Å²) in [6, 6.07) is 12.9. The number of rotatable bonds is 9. The molecule has 30 heavy (non-hydrogen) atoms. The maximum atomic E-state index is 11.5. The van der Waals surface area contributed by atoms with Crippen molar-refractivity contribution in [3.63, 3.8) is 0 Å². The van der Waals surface area contributed by atoms with Crippen molar-refractivity contribution in [2.45, 2.75) is 24.9 Å². The Hall–Kier alpha value is -1.85. The first-order valence-electron chi connectivity index (χ1n) is 9.28. The SMILES string of the molecule is CN=C(NCc1ccc(S(C)(=O)=O)cc1)NCc1ccc(C)cc1OCCOC.I. The average Bonchev–Trinajstić information content (AvgIpc) is 2.69. The van der Waals surface area contributed by atoms with Gasteiger partial charge in [-0.25, -0.2) is 8.42 Å². The van der Waals surface area contributed by atoms with Crippen LogP contribution in [-0.2, 0) is 27.7 Å². The summed E-state index contributed by atoms with van der Waals surface area (Å²) < 4.78 is 34.0. The van der Waals surface area contributed by atoms with Gasteiger partial charge in [0.1, 0.15) is 12.4 Å². The molecule has 0 fully saturated rings. The molecule has 2 rings (SSSR count). The number of aryl methyl sites for hydroxylation is 1. The fraction of sp³-hybridized carbons (Fsp3) is 0.381. The molecule has 0 aliphatic carbocycles.